The van der Waals surface area contributed by atoms with Crippen molar-refractivity contribution < 1.29 is 34.1 Å². The fraction of sp³-hybridized carbons (Fsp3) is 0.444. The Morgan fingerprint density at radius 2 is 2.17 bits per heavy atom. The topological polar surface area (TPSA) is 17.8 Å². The largest absolute Gasteiger partial charge is 0.355 e. The molecule has 0 aliphatic heterocycles. The molecule has 1 rings (SSSR count). The average Bonchev–Trinajstić information content (AvgIpc) is 2.26. The second-order valence-electron chi connectivity index (χ2n) is 2.58. The molecule has 0 aliphatic carbocycles. The SMILES string of the molecule is [2HH].[CH2-]Cc1c(C)nn(CC)c1[CH2-].[Y]. The maximum atomic E-state index is 4.31. The van der Waals surface area contributed by atoms with E-state index >= 15 is 0 Å². The molecule has 0 amide bonds. The second kappa shape index (κ2) is 5.03. The summed E-state index contributed by atoms with van der Waals surface area (Å²) in [6.45, 7) is 12.7. The summed E-state index contributed by atoms with van der Waals surface area (Å²) in [6.07, 6.45) is 0.782. The Balaban J connectivity index is 0. The van der Waals surface area contributed by atoms with Crippen LogP contribution in [0.2, 0.25) is 0 Å². The fourth-order valence-corrected chi connectivity index (χ4v) is 1.25. The van der Waals surface area contributed by atoms with E-state index in [2.05, 4.69) is 25.9 Å². The molecule has 1 aromatic heterocycles. The van der Waals surface area contributed by atoms with Crippen LogP contribution in [0.5, 0.6) is 0 Å². The van der Waals surface area contributed by atoms with Gasteiger partial charge in [-0.25, -0.2) is 18.4 Å². The van der Waals surface area contributed by atoms with Crippen molar-refractivity contribution >= 4 is 0 Å². The molecule has 0 spiro atoms. The number of hydrogen-bond acceptors (Lipinski definition) is 1. The van der Waals surface area contributed by atoms with Gasteiger partial charge in [0.05, 0.1) is 0 Å². The van der Waals surface area contributed by atoms with Gasteiger partial charge in [0.2, 0.25) is 0 Å². The van der Waals surface area contributed by atoms with Crippen molar-refractivity contribution in [3.8, 4) is 0 Å². The van der Waals surface area contributed by atoms with Crippen LogP contribution in [0.3, 0.4) is 0 Å². The zero-order chi connectivity index (χ0) is 8.43. The molecule has 0 atom stereocenters. The van der Waals surface area contributed by atoms with Crippen LogP contribution in [0.1, 0.15) is 25.3 Å². The molecule has 0 fully saturated rings. The Hall–Kier alpha value is 0.184. The number of aryl methyl sites for hydroxylation is 2. The normalized spacial score (nSPS) is 9.58. The molecule has 0 saturated heterocycles. The summed E-state index contributed by atoms with van der Waals surface area (Å²) in [4.78, 5) is 0. The van der Waals surface area contributed by atoms with Gasteiger partial charge in [-0.3, -0.25) is 0 Å². The van der Waals surface area contributed by atoms with Gasteiger partial charge < -0.3 is 11.6 Å². The third kappa shape index (κ3) is 2.11. The van der Waals surface area contributed by atoms with Gasteiger partial charge >= 0.3 is 0 Å². The van der Waals surface area contributed by atoms with Crippen molar-refractivity contribution in [1.29, 1.82) is 0 Å². The van der Waals surface area contributed by atoms with Crippen LogP contribution in [-0.4, -0.2) is 9.78 Å². The molecule has 0 aliphatic rings. The molecule has 0 bridgehead atoms. The van der Waals surface area contributed by atoms with E-state index in [9.17, 15) is 0 Å². The van der Waals surface area contributed by atoms with E-state index in [1.807, 2.05) is 11.6 Å². The summed E-state index contributed by atoms with van der Waals surface area (Å²) in [5, 5.41) is 4.31. The van der Waals surface area contributed by atoms with Gasteiger partial charge in [0.15, 0.2) is 0 Å². The van der Waals surface area contributed by atoms with Crippen molar-refractivity contribution in [3.63, 3.8) is 0 Å². The molecule has 2 nitrogen and oxygen atoms in total. The Morgan fingerprint density at radius 3 is 2.42 bits per heavy atom. The Morgan fingerprint density at radius 1 is 1.58 bits per heavy atom. The molecular formula is C9H16N2Y-2. The first kappa shape index (κ1) is 12.2. The van der Waals surface area contributed by atoms with Gasteiger partial charge in [0.25, 0.3) is 0 Å². The Kier molecular flexibility index (Phi) is 5.11. The van der Waals surface area contributed by atoms with Crippen LogP contribution in [-0.2, 0) is 45.7 Å². The first-order chi connectivity index (χ1) is 5.20. The summed E-state index contributed by atoms with van der Waals surface area (Å²) in [5.74, 6) is 0. The van der Waals surface area contributed by atoms with E-state index in [1.165, 1.54) is 5.56 Å². The van der Waals surface area contributed by atoms with Crippen molar-refractivity contribution in [2.45, 2.75) is 26.8 Å². The minimum Gasteiger partial charge on any atom is -0.355 e. The van der Waals surface area contributed by atoms with Crippen molar-refractivity contribution in [2.75, 3.05) is 0 Å². The van der Waals surface area contributed by atoms with Crippen molar-refractivity contribution in [1.82, 2.24) is 9.78 Å². The van der Waals surface area contributed by atoms with Crippen LogP contribution >= 0.6 is 0 Å². The maximum Gasteiger partial charge on any atom is 0.0351 e. The Bertz CT molecular complexity index is 258. The predicted octanol–water partition coefficient (Wildman–Crippen LogP) is 2.01. The zero-order valence-electron chi connectivity index (χ0n) is 7.80. The summed E-state index contributed by atoms with van der Waals surface area (Å²) >= 11 is 0. The van der Waals surface area contributed by atoms with E-state index in [4.69, 9.17) is 0 Å². The summed E-state index contributed by atoms with van der Waals surface area (Å²) in [6, 6.07) is 0. The van der Waals surface area contributed by atoms with E-state index in [1.54, 1.807) is 0 Å². The molecule has 0 saturated carbocycles. The summed E-state index contributed by atoms with van der Waals surface area (Å²) < 4.78 is 1.91. The number of hydrogen-bond donors (Lipinski definition) is 0. The maximum absolute atomic E-state index is 4.31. The number of rotatable bonds is 2. The average molecular weight is 242 g/mol. The first-order valence-corrected chi connectivity index (χ1v) is 3.88. The van der Waals surface area contributed by atoms with Crippen LogP contribution in [0.4, 0.5) is 0 Å². The quantitative estimate of drug-likeness (QED) is 0.725. The molecule has 1 radical (unpaired) electrons. The molecule has 1 aromatic rings. The minimum atomic E-state index is 0. The van der Waals surface area contributed by atoms with Crippen LogP contribution in [0.25, 0.3) is 0 Å². The van der Waals surface area contributed by atoms with Crippen LogP contribution in [0.15, 0.2) is 0 Å². The first-order valence-electron chi connectivity index (χ1n) is 3.88. The molecule has 3 heteroatoms. The number of aromatic nitrogens is 2. The molecule has 0 N–H and O–H groups in total. The molecule has 1 heterocycles. The summed E-state index contributed by atoms with van der Waals surface area (Å²) in [7, 11) is 0. The smallest absolute Gasteiger partial charge is 0.0351 e. The third-order valence-corrected chi connectivity index (χ3v) is 1.92. The van der Waals surface area contributed by atoms with Gasteiger partial charge in [0.1, 0.15) is 0 Å². The van der Waals surface area contributed by atoms with Crippen molar-refractivity contribution in [3.05, 3.63) is 30.8 Å². The molecule has 67 valence electrons. The van der Waals surface area contributed by atoms with E-state index in [-0.39, 0.29) is 34.1 Å². The van der Waals surface area contributed by atoms with Crippen molar-refractivity contribution in [2.24, 2.45) is 0 Å². The second-order valence-corrected chi connectivity index (χ2v) is 2.58. The minimum absolute atomic E-state index is 0. The van der Waals surface area contributed by atoms with Gasteiger partial charge in [-0.1, -0.05) is 0 Å². The van der Waals surface area contributed by atoms with Gasteiger partial charge in [0, 0.05) is 40.7 Å². The Labute approximate surface area is 101 Å². The van der Waals surface area contributed by atoms with Gasteiger partial charge in [-0.05, 0) is 19.5 Å². The molecule has 12 heavy (non-hydrogen) atoms. The van der Waals surface area contributed by atoms with Crippen LogP contribution < -0.4 is 0 Å². The van der Waals surface area contributed by atoms with E-state index in [0.717, 1.165) is 24.4 Å². The summed E-state index contributed by atoms with van der Waals surface area (Å²) in [5.41, 5.74) is 3.26. The van der Waals surface area contributed by atoms with Gasteiger partial charge in [-0.2, -0.15) is 5.56 Å². The van der Waals surface area contributed by atoms with Gasteiger partial charge in [-0.15, -0.1) is 5.69 Å². The fourth-order valence-electron chi connectivity index (χ4n) is 1.25. The standard InChI is InChI=1S/C9H14N2.Y.H2/c1-5-9-7(3)10-11(6-2)8(9)4;;/h1,4-6H2,2-3H3;;1H/q-2;;/i;;1+1. The predicted molar refractivity (Wildman–Crippen MR) is 48.3 cm³/mol. The van der Waals surface area contributed by atoms with E-state index in [0.29, 0.717) is 0 Å². The molecular weight excluding hydrogens is 225 g/mol. The van der Waals surface area contributed by atoms with Crippen LogP contribution in [0, 0.1) is 20.8 Å². The molecule has 0 aromatic carbocycles. The monoisotopic (exact) mass is 242 g/mol. The van der Waals surface area contributed by atoms with E-state index < -0.39 is 0 Å². The zero-order valence-corrected chi connectivity index (χ0v) is 10.6. The number of nitrogens with zero attached hydrogens (tertiary/aromatic N) is 2. The molecule has 0 unspecified atom stereocenters. The third-order valence-electron chi connectivity index (χ3n) is 1.92.